The molecular weight excluding hydrogens is 647 g/mol. The van der Waals surface area contributed by atoms with Crippen LogP contribution in [0.15, 0.2) is 121 Å². The monoisotopic (exact) mass is 676 g/mol. The summed E-state index contributed by atoms with van der Waals surface area (Å²) in [6, 6.07) is 33.1. The Morgan fingerprint density at radius 1 is 0.524 bits per heavy atom. The number of benzene rings is 4. The number of allylic oxidation sites excluding steroid dienone is 8. The van der Waals surface area contributed by atoms with Gasteiger partial charge in [-0.05, 0) is 0 Å². The van der Waals surface area contributed by atoms with Gasteiger partial charge in [0.25, 0.3) is 0 Å². The first-order valence-corrected chi connectivity index (χ1v) is 23.6. The van der Waals surface area contributed by atoms with E-state index in [0.717, 1.165) is 12.8 Å². The van der Waals surface area contributed by atoms with E-state index in [9.17, 15) is 0 Å². The van der Waals surface area contributed by atoms with Crippen LogP contribution in [0.3, 0.4) is 0 Å². The first kappa shape index (κ1) is 29.6. The van der Waals surface area contributed by atoms with Crippen LogP contribution in [0.1, 0.15) is 53.5 Å². The Labute approximate surface area is 270 Å². The third kappa shape index (κ3) is 4.49. The number of fused-ring (bicyclic) bond motifs is 6. The Morgan fingerprint density at radius 3 is 1.33 bits per heavy atom. The van der Waals surface area contributed by atoms with Gasteiger partial charge in [0.2, 0.25) is 0 Å². The molecule has 4 aromatic rings. The van der Waals surface area contributed by atoms with Gasteiger partial charge in [-0.3, -0.25) is 0 Å². The SMILES string of the molecule is C[Si](C)=[Zr+2]([CH]1c2ccccc2-c2cccc(C3=CC=CC3)c21)[CH]1c2ccccc2-c2cccc(C3=CC=CC3)c21.[Cl-].[Cl-]. The van der Waals surface area contributed by atoms with Crippen molar-refractivity contribution in [2.45, 2.75) is 33.2 Å². The predicted molar refractivity (Wildman–Crippen MR) is 168 cm³/mol. The molecule has 0 saturated carbocycles. The van der Waals surface area contributed by atoms with Crippen molar-refractivity contribution >= 4 is 16.6 Å². The average Bonchev–Trinajstić information content (AvgIpc) is 3.80. The second-order valence-electron chi connectivity index (χ2n) is 11.7. The van der Waals surface area contributed by atoms with Crippen LogP contribution in [0.4, 0.5) is 0 Å². The molecule has 206 valence electrons. The van der Waals surface area contributed by atoms with Crippen molar-refractivity contribution in [3.8, 4) is 22.3 Å². The summed E-state index contributed by atoms with van der Waals surface area (Å²) < 4.78 is 1.14. The van der Waals surface area contributed by atoms with Crippen molar-refractivity contribution in [2.75, 3.05) is 0 Å². The zero-order valence-corrected chi connectivity index (χ0v) is 28.8. The van der Waals surface area contributed by atoms with E-state index in [0.29, 0.717) is 7.25 Å². The van der Waals surface area contributed by atoms with Gasteiger partial charge in [-0.1, -0.05) is 0 Å². The number of hydrogen-bond acceptors (Lipinski definition) is 0. The van der Waals surface area contributed by atoms with Crippen LogP contribution in [-0.2, 0) is 20.4 Å². The van der Waals surface area contributed by atoms with E-state index in [1.165, 1.54) is 44.5 Å². The van der Waals surface area contributed by atoms with Gasteiger partial charge in [0, 0.05) is 0 Å². The van der Waals surface area contributed by atoms with Crippen LogP contribution in [0.2, 0.25) is 13.1 Å². The van der Waals surface area contributed by atoms with E-state index in [1.807, 2.05) is 0 Å². The molecule has 42 heavy (non-hydrogen) atoms. The largest absolute Gasteiger partial charge is 1.00 e. The van der Waals surface area contributed by atoms with Crippen molar-refractivity contribution in [1.82, 2.24) is 0 Å². The molecule has 4 aromatic carbocycles. The Kier molecular flexibility index (Phi) is 8.38. The first-order chi connectivity index (χ1) is 19.7. The molecule has 8 rings (SSSR count). The summed E-state index contributed by atoms with van der Waals surface area (Å²) in [7, 11) is 0. The molecule has 0 aromatic heterocycles. The molecule has 4 aliphatic rings. The number of rotatable bonds is 4. The molecule has 4 heteroatoms. The summed E-state index contributed by atoms with van der Waals surface area (Å²) in [4.78, 5) is 0. The zero-order chi connectivity index (χ0) is 26.8. The second-order valence-corrected chi connectivity index (χ2v) is 29.5. The van der Waals surface area contributed by atoms with Crippen LogP contribution in [0.5, 0.6) is 0 Å². The molecule has 2 unspecified atom stereocenters. The molecule has 0 aliphatic heterocycles. The molecule has 0 saturated heterocycles. The van der Waals surface area contributed by atoms with Gasteiger partial charge in [-0.2, -0.15) is 0 Å². The van der Waals surface area contributed by atoms with E-state index < -0.39 is 25.8 Å². The third-order valence-corrected chi connectivity index (χ3v) is 28.4. The van der Waals surface area contributed by atoms with Gasteiger partial charge in [0.05, 0.1) is 0 Å². The number of hydrogen-bond donors (Lipinski definition) is 0. The molecule has 0 N–H and O–H groups in total. The van der Waals surface area contributed by atoms with E-state index >= 15 is 0 Å². The molecule has 0 fully saturated rings. The quantitative estimate of drug-likeness (QED) is 0.286. The van der Waals surface area contributed by atoms with Gasteiger partial charge in [-0.25, -0.2) is 0 Å². The Morgan fingerprint density at radius 2 is 0.929 bits per heavy atom. The molecule has 0 nitrogen and oxygen atoms in total. The molecule has 0 amide bonds. The van der Waals surface area contributed by atoms with Crippen molar-refractivity contribution in [2.24, 2.45) is 0 Å². The maximum absolute atomic E-state index is 2.65. The zero-order valence-electron chi connectivity index (χ0n) is 23.9. The maximum atomic E-state index is 2.65. The van der Waals surface area contributed by atoms with Crippen molar-refractivity contribution in [3.05, 3.63) is 155 Å². The molecule has 0 bridgehead atoms. The molecule has 4 aliphatic carbocycles. The minimum atomic E-state index is -2.33. The summed E-state index contributed by atoms with van der Waals surface area (Å²) in [6.45, 7) is 5.30. The maximum Gasteiger partial charge on any atom is -1.00 e. The summed E-state index contributed by atoms with van der Waals surface area (Å²) in [5.41, 5.74) is 17.9. The minimum Gasteiger partial charge on any atom is -1.00 e. The van der Waals surface area contributed by atoms with E-state index in [4.69, 9.17) is 0 Å². The Bertz CT molecular complexity index is 1760. The van der Waals surface area contributed by atoms with E-state index in [-0.39, 0.29) is 24.8 Å². The first-order valence-electron chi connectivity index (χ1n) is 14.6. The smallest absolute Gasteiger partial charge is 1.00 e. The van der Waals surface area contributed by atoms with Gasteiger partial charge < -0.3 is 24.8 Å². The third-order valence-electron chi connectivity index (χ3n) is 9.35. The van der Waals surface area contributed by atoms with Crippen LogP contribution >= 0.6 is 0 Å². The standard InChI is InChI=1S/2C18H13.C2H6Si.2ClH.Zr/c2*1-2-7-13(6-1)15-10-5-11-17-16-9-4-3-8-14(16)12-18(15)17;1-3-2;;;/h2*1-6,8-12H,7H2;1-2H3;2*1H;/q;;;;;+2/p-2. The van der Waals surface area contributed by atoms with Gasteiger partial charge in [0.1, 0.15) is 0 Å². The summed E-state index contributed by atoms with van der Waals surface area (Å²) in [5.74, 6) is 0. The summed E-state index contributed by atoms with van der Waals surface area (Å²) >= 11 is -2.33. The fourth-order valence-corrected chi connectivity index (χ4v) is 27.7. The second kappa shape index (κ2) is 11.9. The number of halogens is 2. The van der Waals surface area contributed by atoms with E-state index in [2.05, 4.69) is 134 Å². The van der Waals surface area contributed by atoms with Gasteiger partial charge in [-0.15, -0.1) is 0 Å². The van der Waals surface area contributed by atoms with E-state index in [1.54, 1.807) is 22.3 Å². The van der Waals surface area contributed by atoms with Crippen molar-refractivity contribution < 1.29 is 45.2 Å². The molecule has 0 spiro atoms. The van der Waals surface area contributed by atoms with Gasteiger partial charge >= 0.3 is 247 Å². The summed E-state index contributed by atoms with van der Waals surface area (Å²) in [6.07, 6.45) is 16.0. The van der Waals surface area contributed by atoms with Crippen molar-refractivity contribution in [1.29, 1.82) is 0 Å². The van der Waals surface area contributed by atoms with Crippen LogP contribution < -0.4 is 24.8 Å². The fraction of sp³-hybridized carbons (Fsp3) is 0.158. The Balaban J connectivity index is 0.00000158. The van der Waals surface area contributed by atoms with Crippen molar-refractivity contribution in [3.63, 3.8) is 0 Å². The normalized spacial score (nSPS) is 18.0. The molecular formula is C38H32Cl2SiZr. The minimum absolute atomic E-state index is 0. The predicted octanol–water partition coefficient (Wildman–Crippen LogP) is 4.09. The molecule has 0 heterocycles. The topological polar surface area (TPSA) is 0 Å². The average molecular weight is 679 g/mol. The summed E-state index contributed by atoms with van der Waals surface area (Å²) in [5, 5.41) is 0. The van der Waals surface area contributed by atoms with Gasteiger partial charge in [0.15, 0.2) is 0 Å². The van der Waals surface area contributed by atoms with Crippen LogP contribution in [-0.4, -0.2) is 5.43 Å². The fourth-order valence-electron chi connectivity index (χ4n) is 7.77. The van der Waals surface area contributed by atoms with Crippen LogP contribution in [0, 0.1) is 0 Å². The molecule has 2 atom stereocenters. The van der Waals surface area contributed by atoms with Crippen LogP contribution in [0.25, 0.3) is 33.4 Å². The Hall–Kier alpha value is -2.48. The molecule has 0 radical (unpaired) electrons.